The summed E-state index contributed by atoms with van der Waals surface area (Å²) in [5.74, 6) is -0.294. The lowest BCUT2D eigenvalue weighted by molar-refractivity contribution is -0.138. The maximum absolute atomic E-state index is 14.2. The standard InChI is InChI=1S/C31H28BrF3N6O3/c1-16-12-22-26(15-39(16)28(43)20-8-11-24(32)23(14-20)31(33,34)35)37-30(41-17(2)13-25(38-41)18-4-5-18)40(29(22)44)21-9-6-19(7-10-21)27(42)36-3/h6-11,13-14,16,18H,4-5,12,15H2,1-3H3,(H,36,42)/t16-/m1/s1. The molecule has 0 unspecified atom stereocenters. The largest absolute Gasteiger partial charge is 0.417 e. The van der Waals surface area contributed by atoms with Crippen LogP contribution in [0.25, 0.3) is 11.6 Å². The van der Waals surface area contributed by atoms with Crippen molar-refractivity contribution in [1.82, 2.24) is 29.5 Å². The van der Waals surface area contributed by atoms with E-state index in [0.717, 1.165) is 30.3 Å². The zero-order valence-electron chi connectivity index (χ0n) is 24.1. The Bertz CT molecular complexity index is 1860. The minimum Gasteiger partial charge on any atom is -0.355 e. The number of nitrogens with one attached hydrogen (secondary N) is 1. The van der Waals surface area contributed by atoms with E-state index in [-0.39, 0.29) is 40.4 Å². The van der Waals surface area contributed by atoms with Crippen molar-refractivity contribution >= 4 is 27.7 Å². The van der Waals surface area contributed by atoms with Gasteiger partial charge in [0, 0.05) is 45.9 Å². The summed E-state index contributed by atoms with van der Waals surface area (Å²) in [6.45, 7) is 3.55. The molecule has 0 radical (unpaired) electrons. The van der Waals surface area contributed by atoms with Crippen molar-refractivity contribution in [2.24, 2.45) is 0 Å². The Morgan fingerprint density at radius 2 is 1.73 bits per heavy atom. The summed E-state index contributed by atoms with van der Waals surface area (Å²) in [6, 6.07) is 11.4. The predicted molar refractivity (Wildman–Crippen MR) is 159 cm³/mol. The first-order valence-electron chi connectivity index (χ1n) is 14.1. The van der Waals surface area contributed by atoms with Gasteiger partial charge in [-0.3, -0.25) is 14.4 Å². The maximum Gasteiger partial charge on any atom is 0.417 e. The van der Waals surface area contributed by atoms with Crippen LogP contribution in [0.3, 0.4) is 0 Å². The van der Waals surface area contributed by atoms with Crippen molar-refractivity contribution in [3.63, 3.8) is 0 Å². The van der Waals surface area contributed by atoms with Gasteiger partial charge in [0.05, 0.1) is 29.2 Å². The summed E-state index contributed by atoms with van der Waals surface area (Å²) in [7, 11) is 1.53. The molecule has 44 heavy (non-hydrogen) atoms. The molecule has 0 bridgehead atoms. The van der Waals surface area contributed by atoms with E-state index in [0.29, 0.717) is 28.4 Å². The molecule has 13 heteroatoms. The molecule has 1 fully saturated rings. The molecule has 2 aromatic heterocycles. The van der Waals surface area contributed by atoms with Crippen LogP contribution >= 0.6 is 15.9 Å². The number of fused-ring (bicyclic) bond motifs is 1. The fourth-order valence-corrected chi connectivity index (χ4v) is 5.99. The Morgan fingerprint density at radius 3 is 2.36 bits per heavy atom. The third-order valence-corrected chi connectivity index (χ3v) is 8.77. The molecule has 228 valence electrons. The van der Waals surface area contributed by atoms with Crippen LogP contribution in [0.2, 0.25) is 0 Å². The molecule has 2 aliphatic rings. The number of hydrogen-bond acceptors (Lipinski definition) is 5. The number of halogens is 4. The Morgan fingerprint density at radius 1 is 1.05 bits per heavy atom. The topological polar surface area (TPSA) is 102 Å². The second kappa shape index (κ2) is 11.0. The number of aryl methyl sites for hydroxylation is 1. The Balaban J connectivity index is 1.45. The van der Waals surface area contributed by atoms with E-state index in [4.69, 9.17) is 10.1 Å². The van der Waals surface area contributed by atoms with Crippen LogP contribution in [0.5, 0.6) is 0 Å². The lowest BCUT2D eigenvalue weighted by Crippen LogP contribution is -2.46. The van der Waals surface area contributed by atoms with Crippen molar-refractivity contribution in [3.8, 4) is 11.6 Å². The number of rotatable bonds is 5. The highest BCUT2D eigenvalue weighted by Gasteiger charge is 2.36. The van der Waals surface area contributed by atoms with Gasteiger partial charge >= 0.3 is 6.18 Å². The van der Waals surface area contributed by atoms with Gasteiger partial charge in [0.25, 0.3) is 17.4 Å². The number of alkyl halides is 3. The van der Waals surface area contributed by atoms with Gasteiger partial charge in [-0.25, -0.2) is 14.2 Å². The van der Waals surface area contributed by atoms with Crippen LogP contribution in [0.4, 0.5) is 13.2 Å². The molecule has 1 N–H and O–H groups in total. The molecule has 9 nitrogen and oxygen atoms in total. The SMILES string of the molecule is CNC(=O)c1ccc(-n2c(-n3nc(C4CC4)cc3C)nc3c(c2=O)C[C@@H](C)N(C(=O)c2ccc(Br)c(C(F)(F)F)c2)C3)cc1. The molecule has 6 rings (SSSR count). The second-order valence-corrected chi connectivity index (χ2v) is 12.0. The van der Waals surface area contributed by atoms with Crippen molar-refractivity contribution in [2.45, 2.75) is 57.8 Å². The lowest BCUT2D eigenvalue weighted by atomic mass is 9.98. The normalized spacial score (nSPS) is 16.5. The Labute approximate surface area is 258 Å². The molecule has 2 aromatic carbocycles. The van der Waals surface area contributed by atoms with Crippen molar-refractivity contribution in [3.05, 3.63) is 103 Å². The quantitative estimate of drug-likeness (QED) is 0.310. The minimum absolute atomic E-state index is 0.0682. The number of benzene rings is 2. The number of amides is 2. The van der Waals surface area contributed by atoms with Crippen molar-refractivity contribution in [2.75, 3.05) is 7.05 Å². The number of hydrogen-bond donors (Lipinski definition) is 1. The zero-order chi connectivity index (χ0) is 31.5. The second-order valence-electron chi connectivity index (χ2n) is 11.2. The average Bonchev–Trinajstić information content (AvgIpc) is 3.77. The van der Waals surface area contributed by atoms with Crippen LogP contribution in [-0.4, -0.2) is 49.1 Å². The highest BCUT2D eigenvalue weighted by atomic mass is 79.9. The van der Waals surface area contributed by atoms with Crippen LogP contribution in [0, 0.1) is 6.92 Å². The zero-order valence-corrected chi connectivity index (χ0v) is 25.7. The van der Waals surface area contributed by atoms with E-state index in [1.807, 2.05) is 13.0 Å². The minimum atomic E-state index is -4.64. The summed E-state index contributed by atoms with van der Waals surface area (Å²) < 4.78 is 43.6. The van der Waals surface area contributed by atoms with E-state index in [1.165, 1.54) is 28.6 Å². The molecule has 0 spiro atoms. The third-order valence-electron chi connectivity index (χ3n) is 8.08. The number of carbonyl (C=O) groups excluding carboxylic acids is 2. The Kier molecular flexibility index (Phi) is 7.47. The lowest BCUT2D eigenvalue weighted by Gasteiger charge is -2.34. The molecular weight excluding hydrogens is 641 g/mol. The number of nitrogens with zero attached hydrogens (tertiary/aromatic N) is 5. The summed E-state index contributed by atoms with van der Waals surface area (Å²) in [4.78, 5) is 46.2. The molecule has 1 aliphatic carbocycles. The van der Waals surface area contributed by atoms with E-state index < -0.39 is 23.7 Å². The van der Waals surface area contributed by atoms with E-state index in [1.54, 1.807) is 35.9 Å². The molecule has 1 atom stereocenters. The molecule has 0 saturated heterocycles. The highest BCUT2D eigenvalue weighted by Crippen LogP contribution is 2.40. The smallest absolute Gasteiger partial charge is 0.355 e. The first kappa shape index (κ1) is 29.8. The van der Waals surface area contributed by atoms with Crippen molar-refractivity contribution in [1.29, 1.82) is 0 Å². The Hall–Kier alpha value is -4.26. The van der Waals surface area contributed by atoms with Gasteiger partial charge < -0.3 is 10.2 Å². The summed E-state index contributed by atoms with van der Waals surface area (Å²) in [5.41, 5.74) is 1.92. The van der Waals surface area contributed by atoms with Gasteiger partial charge in [-0.15, -0.1) is 0 Å². The molecule has 3 heterocycles. The maximum atomic E-state index is 14.2. The van der Waals surface area contributed by atoms with Crippen LogP contribution in [-0.2, 0) is 19.1 Å². The molecule has 1 saturated carbocycles. The van der Waals surface area contributed by atoms with Gasteiger partial charge in [0.2, 0.25) is 5.95 Å². The predicted octanol–water partition coefficient (Wildman–Crippen LogP) is 5.33. The highest BCUT2D eigenvalue weighted by molar-refractivity contribution is 9.10. The van der Waals surface area contributed by atoms with Gasteiger partial charge in [-0.1, -0.05) is 15.9 Å². The molecular formula is C31H28BrF3N6O3. The van der Waals surface area contributed by atoms with Gasteiger partial charge in [0.1, 0.15) is 0 Å². The van der Waals surface area contributed by atoms with Crippen LogP contribution in [0.15, 0.2) is 57.8 Å². The summed E-state index contributed by atoms with van der Waals surface area (Å²) in [5, 5.41) is 7.35. The third kappa shape index (κ3) is 5.33. The molecule has 1 aliphatic heterocycles. The van der Waals surface area contributed by atoms with Crippen LogP contribution < -0.4 is 10.9 Å². The van der Waals surface area contributed by atoms with E-state index >= 15 is 0 Å². The average molecular weight is 670 g/mol. The van der Waals surface area contributed by atoms with Gasteiger partial charge in [0.15, 0.2) is 0 Å². The summed E-state index contributed by atoms with van der Waals surface area (Å²) >= 11 is 2.92. The van der Waals surface area contributed by atoms with Crippen molar-refractivity contribution < 1.29 is 22.8 Å². The first-order valence-corrected chi connectivity index (χ1v) is 14.9. The fourth-order valence-electron chi connectivity index (χ4n) is 5.52. The summed E-state index contributed by atoms with van der Waals surface area (Å²) in [6.07, 6.45) is -2.43. The van der Waals surface area contributed by atoms with Gasteiger partial charge in [-0.05, 0) is 81.6 Å². The van der Waals surface area contributed by atoms with Gasteiger partial charge in [-0.2, -0.15) is 18.3 Å². The molecule has 4 aromatic rings. The number of aromatic nitrogens is 4. The first-order chi connectivity index (χ1) is 20.9. The van der Waals surface area contributed by atoms with E-state index in [9.17, 15) is 27.6 Å². The fraction of sp³-hybridized carbons (Fsp3) is 0.323. The van der Waals surface area contributed by atoms with E-state index in [2.05, 4.69) is 21.2 Å². The molecule has 2 amide bonds. The van der Waals surface area contributed by atoms with Crippen LogP contribution in [0.1, 0.15) is 74.6 Å². The number of carbonyl (C=O) groups is 2. The monoisotopic (exact) mass is 668 g/mol.